The van der Waals surface area contributed by atoms with Crippen molar-refractivity contribution >= 4 is 44.2 Å². The molecule has 0 amide bonds. The molecule has 3 heterocycles. The van der Waals surface area contributed by atoms with Gasteiger partial charge in [-0.25, -0.2) is 27.3 Å². The van der Waals surface area contributed by atoms with Gasteiger partial charge in [0.15, 0.2) is 16.6 Å². The fourth-order valence-corrected chi connectivity index (χ4v) is 4.95. The van der Waals surface area contributed by atoms with Crippen LogP contribution in [0.1, 0.15) is 16.1 Å². The number of allylic oxidation sites excluding steroid dienone is 1. The van der Waals surface area contributed by atoms with E-state index in [0.29, 0.717) is 27.4 Å². The van der Waals surface area contributed by atoms with E-state index in [4.69, 9.17) is 0 Å². The molecule has 168 valence electrons. The Morgan fingerprint density at radius 1 is 1.09 bits per heavy atom. The maximum absolute atomic E-state index is 13.4. The van der Waals surface area contributed by atoms with Crippen LogP contribution in [-0.2, 0) is 10.0 Å². The summed E-state index contributed by atoms with van der Waals surface area (Å²) in [4.78, 5) is 28.3. The summed E-state index contributed by atoms with van der Waals surface area (Å²) in [7, 11) is -0.168. The maximum Gasteiger partial charge on any atom is 0.269 e. The second kappa shape index (κ2) is 9.16. The Morgan fingerprint density at radius 3 is 2.55 bits per heavy atom. The zero-order valence-electron chi connectivity index (χ0n) is 18.2. The number of carbonyl (C=O) groups is 1. The topological polar surface area (TPSA) is 98.0 Å². The van der Waals surface area contributed by atoms with Crippen molar-refractivity contribution in [1.82, 2.24) is 23.8 Å². The lowest BCUT2D eigenvalue weighted by Gasteiger charge is -2.12. The van der Waals surface area contributed by atoms with E-state index in [1.165, 1.54) is 36.3 Å². The number of hydrogen-bond acceptors (Lipinski definition) is 8. The molecular formula is C23H21N5O3S2. The van der Waals surface area contributed by atoms with Crippen LogP contribution in [-0.4, -0.2) is 58.4 Å². The minimum atomic E-state index is -3.81. The van der Waals surface area contributed by atoms with Crippen molar-refractivity contribution in [3.63, 3.8) is 0 Å². The number of pyridine rings is 1. The van der Waals surface area contributed by atoms with Crippen LogP contribution in [0, 0.1) is 0 Å². The average molecular weight is 480 g/mol. The van der Waals surface area contributed by atoms with E-state index in [1.807, 2.05) is 20.4 Å². The molecule has 4 aromatic rings. The van der Waals surface area contributed by atoms with Crippen LogP contribution >= 0.6 is 11.8 Å². The Balaban J connectivity index is 1.76. The summed E-state index contributed by atoms with van der Waals surface area (Å²) >= 11 is 1.39. The van der Waals surface area contributed by atoms with Gasteiger partial charge in [-0.15, -0.1) is 0 Å². The molecule has 0 spiro atoms. The van der Waals surface area contributed by atoms with Crippen LogP contribution in [0.4, 0.5) is 0 Å². The molecular weight excluding hydrogens is 458 g/mol. The van der Waals surface area contributed by atoms with Crippen LogP contribution in [0.25, 0.3) is 16.6 Å². The van der Waals surface area contributed by atoms with E-state index in [1.54, 1.807) is 53.7 Å². The molecule has 8 nitrogen and oxygen atoms in total. The molecule has 0 saturated heterocycles. The number of aromatic nitrogens is 4. The second-order valence-corrected chi connectivity index (χ2v) is 9.92. The molecule has 3 aromatic heterocycles. The Kier molecular flexibility index (Phi) is 6.30. The first-order chi connectivity index (χ1) is 15.8. The molecule has 0 fully saturated rings. The number of thioether (sulfide) groups is 1. The molecule has 0 saturated carbocycles. The fourth-order valence-electron chi connectivity index (χ4n) is 3.27. The van der Waals surface area contributed by atoms with Crippen molar-refractivity contribution < 1.29 is 13.2 Å². The zero-order valence-corrected chi connectivity index (χ0v) is 19.8. The second-order valence-electron chi connectivity index (χ2n) is 7.33. The van der Waals surface area contributed by atoms with E-state index >= 15 is 0 Å². The molecule has 0 aliphatic carbocycles. The van der Waals surface area contributed by atoms with Crippen LogP contribution < -0.4 is 0 Å². The minimum Gasteiger partial charge on any atom is -0.383 e. The quantitative estimate of drug-likeness (QED) is 0.172. The highest BCUT2D eigenvalue weighted by molar-refractivity contribution is 7.98. The first-order valence-corrected chi connectivity index (χ1v) is 12.6. The van der Waals surface area contributed by atoms with Gasteiger partial charge in [0.25, 0.3) is 10.0 Å². The first kappa shape index (κ1) is 22.7. The van der Waals surface area contributed by atoms with Crippen molar-refractivity contribution in [3.05, 3.63) is 84.6 Å². The number of benzene rings is 1. The van der Waals surface area contributed by atoms with Gasteiger partial charge in [-0.1, -0.05) is 30.0 Å². The summed E-state index contributed by atoms with van der Waals surface area (Å²) < 4.78 is 27.2. The lowest BCUT2D eigenvalue weighted by atomic mass is 10.0. The molecule has 0 atom stereocenters. The summed E-state index contributed by atoms with van der Waals surface area (Å²) in [6, 6.07) is 13.1. The molecule has 1 aromatic carbocycles. The summed E-state index contributed by atoms with van der Waals surface area (Å²) in [5, 5.41) is 1.10. The maximum atomic E-state index is 13.4. The number of Topliss-reactive ketones (excluding diaryl/α,β-unsaturated/α-hetero) is 1. The largest absolute Gasteiger partial charge is 0.383 e. The molecule has 4 rings (SSSR count). The van der Waals surface area contributed by atoms with E-state index in [9.17, 15) is 13.2 Å². The normalized spacial score (nSPS) is 12.2. The Labute approximate surface area is 196 Å². The van der Waals surface area contributed by atoms with Crippen molar-refractivity contribution in [2.75, 3.05) is 20.4 Å². The lowest BCUT2D eigenvalue weighted by Crippen LogP contribution is -2.13. The number of rotatable bonds is 7. The molecule has 0 bridgehead atoms. The molecule has 0 aliphatic rings. The Morgan fingerprint density at radius 2 is 1.85 bits per heavy atom. The van der Waals surface area contributed by atoms with E-state index in [0.717, 1.165) is 3.97 Å². The SMILES string of the molecule is CSc1nccc(/C(=C/N(C)C)C(=O)c2cnc3c(ccn3S(=O)(=O)c3ccccc3)c2)n1. The van der Waals surface area contributed by atoms with Gasteiger partial charge in [-0.3, -0.25) is 4.79 Å². The number of hydrogen-bond donors (Lipinski definition) is 0. The number of nitrogens with zero attached hydrogens (tertiary/aromatic N) is 5. The van der Waals surface area contributed by atoms with Gasteiger partial charge in [0, 0.05) is 49.8 Å². The molecule has 33 heavy (non-hydrogen) atoms. The van der Waals surface area contributed by atoms with Crippen LogP contribution in [0.3, 0.4) is 0 Å². The van der Waals surface area contributed by atoms with Gasteiger partial charge in [0.1, 0.15) is 0 Å². The van der Waals surface area contributed by atoms with E-state index in [2.05, 4.69) is 15.0 Å². The van der Waals surface area contributed by atoms with Crippen molar-refractivity contribution in [3.8, 4) is 0 Å². The highest BCUT2D eigenvalue weighted by atomic mass is 32.2. The summed E-state index contributed by atoms with van der Waals surface area (Å²) in [5.74, 6) is -0.275. The smallest absolute Gasteiger partial charge is 0.269 e. The molecule has 10 heteroatoms. The first-order valence-electron chi connectivity index (χ1n) is 9.89. The van der Waals surface area contributed by atoms with Crippen molar-refractivity contribution in [2.45, 2.75) is 10.1 Å². The van der Waals surface area contributed by atoms with Crippen LogP contribution in [0.5, 0.6) is 0 Å². The van der Waals surface area contributed by atoms with Gasteiger partial charge in [0.2, 0.25) is 0 Å². The van der Waals surface area contributed by atoms with E-state index < -0.39 is 10.0 Å². The third kappa shape index (κ3) is 4.53. The van der Waals surface area contributed by atoms with Gasteiger partial charge in [0.05, 0.1) is 16.2 Å². The standard InChI is InChI=1S/C23H21N5O3S2/c1-27(2)15-19(20-9-11-24-23(26-20)32-3)21(29)17-13-16-10-12-28(22(16)25-14-17)33(30,31)18-7-5-4-6-8-18/h4-15H,1-3H3/b19-15-. The molecule has 0 unspecified atom stereocenters. The number of carbonyl (C=O) groups excluding carboxylic acids is 1. The molecule has 0 N–H and O–H groups in total. The summed E-state index contributed by atoms with van der Waals surface area (Å²) in [5.41, 5.74) is 1.46. The predicted molar refractivity (Wildman–Crippen MR) is 129 cm³/mol. The van der Waals surface area contributed by atoms with Crippen molar-refractivity contribution in [1.29, 1.82) is 0 Å². The highest BCUT2D eigenvalue weighted by Crippen LogP contribution is 2.25. The number of fused-ring (bicyclic) bond motifs is 1. The Hall–Kier alpha value is -3.50. The lowest BCUT2D eigenvalue weighted by molar-refractivity contribution is 0.105. The summed E-state index contributed by atoms with van der Waals surface area (Å²) in [6.45, 7) is 0. The fraction of sp³-hybridized carbons (Fsp3) is 0.130. The molecule has 0 radical (unpaired) electrons. The highest BCUT2D eigenvalue weighted by Gasteiger charge is 2.22. The van der Waals surface area contributed by atoms with Gasteiger partial charge in [-0.05, 0) is 36.6 Å². The monoisotopic (exact) mass is 479 g/mol. The molecule has 0 aliphatic heterocycles. The predicted octanol–water partition coefficient (Wildman–Crippen LogP) is 3.57. The van der Waals surface area contributed by atoms with Crippen LogP contribution in [0.2, 0.25) is 0 Å². The van der Waals surface area contributed by atoms with Crippen LogP contribution in [0.15, 0.2) is 83.4 Å². The minimum absolute atomic E-state index is 0.161. The average Bonchev–Trinajstić information content (AvgIpc) is 3.27. The third-order valence-corrected chi connectivity index (χ3v) is 7.02. The summed E-state index contributed by atoms with van der Waals surface area (Å²) in [6.07, 6.45) is 8.01. The third-order valence-electron chi connectivity index (χ3n) is 4.78. The van der Waals surface area contributed by atoms with E-state index in [-0.39, 0.29) is 16.3 Å². The van der Waals surface area contributed by atoms with Gasteiger partial charge >= 0.3 is 0 Å². The number of ketones is 1. The van der Waals surface area contributed by atoms with Gasteiger partial charge in [-0.2, -0.15) is 0 Å². The van der Waals surface area contributed by atoms with Crippen molar-refractivity contribution in [2.24, 2.45) is 0 Å². The Bertz CT molecular complexity index is 1460. The van der Waals surface area contributed by atoms with Gasteiger partial charge < -0.3 is 4.90 Å². The zero-order chi connectivity index (χ0) is 23.6.